The second-order valence-corrected chi connectivity index (χ2v) is 7.08. The lowest BCUT2D eigenvalue weighted by Crippen LogP contribution is -2.51. The Morgan fingerprint density at radius 3 is 1.96 bits per heavy atom. The largest absolute Gasteiger partial charge is 0.462 e. The van der Waals surface area contributed by atoms with Gasteiger partial charge >= 0.3 is 5.97 Å². The summed E-state index contributed by atoms with van der Waals surface area (Å²) in [4.78, 5) is 36.3. The molecule has 0 fully saturated rings. The Labute approximate surface area is 143 Å². The van der Waals surface area contributed by atoms with Gasteiger partial charge in [0.15, 0.2) is 0 Å². The fourth-order valence-corrected chi connectivity index (χ4v) is 1.79. The zero-order chi connectivity index (χ0) is 18.5. The third-order valence-electron chi connectivity index (χ3n) is 3.28. The van der Waals surface area contributed by atoms with Crippen LogP contribution in [0.1, 0.15) is 51.9 Å². The molecule has 132 valence electrons. The molecule has 0 atom stereocenters. The van der Waals surface area contributed by atoms with Crippen LogP contribution >= 0.6 is 0 Å². The normalized spacial score (nSPS) is 11.6. The van der Waals surface area contributed by atoms with Crippen molar-refractivity contribution in [2.45, 2.75) is 47.1 Å². The zero-order valence-electron chi connectivity index (χ0n) is 15.1. The number of esters is 1. The van der Waals surface area contributed by atoms with Gasteiger partial charge in [-0.2, -0.15) is 0 Å². The average Bonchev–Trinajstić information content (AvgIpc) is 2.46. The van der Waals surface area contributed by atoms with Crippen molar-refractivity contribution < 1.29 is 19.1 Å². The lowest BCUT2D eigenvalue weighted by atomic mass is 9.89. The molecule has 0 aliphatic heterocycles. The second kappa shape index (κ2) is 7.47. The van der Waals surface area contributed by atoms with Crippen LogP contribution in [0, 0.1) is 5.41 Å². The van der Waals surface area contributed by atoms with E-state index in [0.29, 0.717) is 17.9 Å². The van der Waals surface area contributed by atoms with Gasteiger partial charge in [0, 0.05) is 11.2 Å². The predicted octanol–water partition coefficient (Wildman–Crippen LogP) is 2.74. The summed E-state index contributed by atoms with van der Waals surface area (Å²) in [6.07, 6.45) is 0. The molecule has 6 nitrogen and oxygen atoms in total. The molecule has 1 aromatic carbocycles. The van der Waals surface area contributed by atoms with E-state index in [4.69, 9.17) is 4.74 Å². The zero-order valence-corrected chi connectivity index (χ0v) is 15.1. The predicted molar refractivity (Wildman–Crippen MR) is 92.7 cm³/mol. The van der Waals surface area contributed by atoms with Crippen LogP contribution in [0.4, 0.5) is 5.69 Å². The molecule has 0 aliphatic rings. The Morgan fingerprint density at radius 1 is 0.958 bits per heavy atom. The average molecular weight is 334 g/mol. The van der Waals surface area contributed by atoms with Gasteiger partial charge in [-0.05, 0) is 65.8 Å². The van der Waals surface area contributed by atoms with Crippen LogP contribution in [0.3, 0.4) is 0 Å². The molecule has 0 radical (unpaired) electrons. The van der Waals surface area contributed by atoms with Gasteiger partial charge in [-0.25, -0.2) is 4.79 Å². The molecule has 24 heavy (non-hydrogen) atoms. The maximum absolute atomic E-state index is 12.4. The fraction of sp³-hybridized carbons (Fsp3) is 0.500. The summed E-state index contributed by atoms with van der Waals surface area (Å²) < 4.78 is 4.90. The number of amides is 2. The molecule has 1 rings (SSSR count). The highest BCUT2D eigenvalue weighted by atomic mass is 16.5. The smallest absolute Gasteiger partial charge is 0.338 e. The molecule has 0 bridgehead atoms. The number of rotatable bonds is 5. The minimum Gasteiger partial charge on any atom is -0.462 e. The Balaban J connectivity index is 2.79. The van der Waals surface area contributed by atoms with Crippen molar-refractivity contribution in [2.75, 3.05) is 11.9 Å². The first-order valence-corrected chi connectivity index (χ1v) is 7.88. The number of nitrogens with one attached hydrogen (secondary N) is 2. The van der Waals surface area contributed by atoms with Crippen LogP contribution in [0.25, 0.3) is 0 Å². The van der Waals surface area contributed by atoms with Crippen molar-refractivity contribution in [3.8, 4) is 0 Å². The highest BCUT2D eigenvalue weighted by molar-refractivity contribution is 6.10. The fourth-order valence-electron chi connectivity index (χ4n) is 1.79. The minimum atomic E-state index is -1.23. The van der Waals surface area contributed by atoms with Crippen LogP contribution in [0.15, 0.2) is 24.3 Å². The maximum atomic E-state index is 12.4. The molecule has 0 aliphatic carbocycles. The Morgan fingerprint density at radius 2 is 1.50 bits per heavy atom. The number of carbonyl (C=O) groups excluding carboxylic acids is 3. The summed E-state index contributed by atoms with van der Waals surface area (Å²) in [5.41, 5.74) is -0.743. The van der Waals surface area contributed by atoms with Crippen molar-refractivity contribution in [3.63, 3.8) is 0 Å². The van der Waals surface area contributed by atoms with Crippen molar-refractivity contribution in [3.05, 3.63) is 29.8 Å². The first kappa shape index (κ1) is 19.7. The Bertz CT molecular complexity index is 613. The number of benzene rings is 1. The van der Waals surface area contributed by atoms with E-state index in [1.165, 1.54) is 0 Å². The lowest BCUT2D eigenvalue weighted by Gasteiger charge is -2.28. The molecular formula is C18H26N2O4. The standard InChI is InChI=1S/C18H26N2O4/c1-7-24-14(21)12-8-10-13(11-9-12)19-15(22)18(5,6)16(23)20-17(2,3)4/h8-11H,7H2,1-6H3,(H,19,22)(H,20,23). The summed E-state index contributed by atoms with van der Waals surface area (Å²) in [5.74, 6) is -1.19. The summed E-state index contributed by atoms with van der Waals surface area (Å²) in [6, 6.07) is 6.33. The van der Waals surface area contributed by atoms with E-state index in [2.05, 4.69) is 10.6 Å². The summed E-state index contributed by atoms with van der Waals surface area (Å²) >= 11 is 0. The molecule has 0 spiro atoms. The van der Waals surface area contributed by atoms with E-state index in [1.54, 1.807) is 45.0 Å². The van der Waals surface area contributed by atoms with Gasteiger partial charge in [0.05, 0.1) is 12.2 Å². The van der Waals surface area contributed by atoms with Gasteiger partial charge in [-0.1, -0.05) is 0 Å². The second-order valence-electron chi connectivity index (χ2n) is 7.08. The molecule has 1 aromatic rings. The monoisotopic (exact) mass is 334 g/mol. The molecule has 0 saturated carbocycles. The maximum Gasteiger partial charge on any atom is 0.338 e. The molecule has 0 saturated heterocycles. The van der Waals surface area contributed by atoms with E-state index in [0.717, 1.165) is 0 Å². The van der Waals surface area contributed by atoms with E-state index in [-0.39, 0.29) is 5.91 Å². The van der Waals surface area contributed by atoms with Crippen LogP contribution in [0.5, 0.6) is 0 Å². The van der Waals surface area contributed by atoms with Gasteiger partial charge < -0.3 is 15.4 Å². The topological polar surface area (TPSA) is 84.5 Å². The van der Waals surface area contributed by atoms with Gasteiger partial charge in [0.1, 0.15) is 5.41 Å². The van der Waals surface area contributed by atoms with Crippen LogP contribution < -0.4 is 10.6 Å². The first-order valence-electron chi connectivity index (χ1n) is 7.88. The third-order valence-corrected chi connectivity index (χ3v) is 3.28. The SMILES string of the molecule is CCOC(=O)c1ccc(NC(=O)C(C)(C)C(=O)NC(C)(C)C)cc1. The van der Waals surface area contributed by atoms with Crippen LogP contribution in [0.2, 0.25) is 0 Å². The van der Waals surface area contributed by atoms with Gasteiger partial charge in [0.25, 0.3) is 0 Å². The van der Waals surface area contributed by atoms with Gasteiger partial charge in [-0.3, -0.25) is 9.59 Å². The van der Waals surface area contributed by atoms with E-state index >= 15 is 0 Å². The van der Waals surface area contributed by atoms with Crippen molar-refractivity contribution in [1.29, 1.82) is 0 Å². The molecule has 6 heteroatoms. The number of hydrogen-bond donors (Lipinski definition) is 2. The lowest BCUT2D eigenvalue weighted by molar-refractivity contribution is -0.139. The summed E-state index contributed by atoms with van der Waals surface area (Å²) in [6.45, 7) is 10.7. The molecule has 0 heterocycles. The van der Waals surface area contributed by atoms with Crippen molar-refractivity contribution >= 4 is 23.5 Å². The van der Waals surface area contributed by atoms with E-state index in [9.17, 15) is 14.4 Å². The molecular weight excluding hydrogens is 308 g/mol. The molecule has 2 amide bonds. The molecule has 0 unspecified atom stereocenters. The number of hydrogen-bond acceptors (Lipinski definition) is 4. The number of anilines is 1. The quantitative estimate of drug-likeness (QED) is 0.640. The first-order chi connectivity index (χ1) is 11.0. The highest BCUT2D eigenvalue weighted by Gasteiger charge is 2.37. The minimum absolute atomic E-state index is 0.300. The van der Waals surface area contributed by atoms with E-state index in [1.807, 2.05) is 20.8 Å². The summed E-state index contributed by atoms with van der Waals surface area (Å²) in [5, 5.41) is 5.50. The Hall–Kier alpha value is -2.37. The number of carbonyl (C=O) groups is 3. The van der Waals surface area contributed by atoms with E-state index < -0.39 is 22.8 Å². The molecule has 2 N–H and O–H groups in total. The van der Waals surface area contributed by atoms with Crippen molar-refractivity contribution in [1.82, 2.24) is 5.32 Å². The van der Waals surface area contributed by atoms with Gasteiger partial charge in [0.2, 0.25) is 11.8 Å². The van der Waals surface area contributed by atoms with Gasteiger partial charge in [-0.15, -0.1) is 0 Å². The highest BCUT2D eigenvalue weighted by Crippen LogP contribution is 2.21. The van der Waals surface area contributed by atoms with Crippen molar-refractivity contribution in [2.24, 2.45) is 5.41 Å². The Kier molecular flexibility index (Phi) is 6.12. The summed E-state index contributed by atoms with van der Waals surface area (Å²) in [7, 11) is 0. The third kappa shape index (κ3) is 5.37. The number of ether oxygens (including phenoxy) is 1. The van der Waals surface area contributed by atoms with Crippen LogP contribution in [-0.2, 0) is 14.3 Å². The molecule has 0 aromatic heterocycles. The van der Waals surface area contributed by atoms with Crippen LogP contribution in [-0.4, -0.2) is 29.9 Å².